The average Bonchev–Trinajstić information content (AvgIpc) is 3.32. The molecule has 2 fully saturated rings. The number of nitrogens with zero attached hydrogens (tertiary/aromatic N) is 2. The maximum atomic E-state index is 13.0. The number of aldehydes is 1. The molecule has 0 spiro atoms. The maximum absolute atomic E-state index is 13.0. The van der Waals surface area contributed by atoms with Gasteiger partial charge in [-0.05, 0) is 189 Å². The lowest BCUT2D eigenvalue weighted by Gasteiger charge is -2.38. The quantitative estimate of drug-likeness (QED) is 0.0198. The molecule has 8 N–H and O–H groups in total. The molecule has 4 atom stereocenters. The first-order chi connectivity index (χ1) is 36.7. The van der Waals surface area contributed by atoms with E-state index in [9.17, 15) is 24.0 Å². The van der Waals surface area contributed by atoms with E-state index < -0.39 is 57.4 Å². The molecule has 0 aliphatic carbocycles. The lowest BCUT2D eigenvalue weighted by molar-refractivity contribution is -0.137. The minimum absolute atomic E-state index is 0.0417. The highest BCUT2D eigenvalue weighted by molar-refractivity contribution is 6.75. The van der Waals surface area contributed by atoms with Gasteiger partial charge >= 0.3 is 0 Å². The van der Waals surface area contributed by atoms with Gasteiger partial charge in [0.25, 0.3) is 0 Å². The normalized spacial score (nSPS) is 18.9. The Labute approximate surface area is 494 Å². The van der Waals surface area contributed by atoms with Gasteiger partial charge in [-0.2, -0.15) is 0 Å². The standard InChI is InChI=1S/C39H84N4O5Si3.C12H24N4O2.C8H18O2Si/c1-17-24-42(27-30-46-49(11,12)37(2,3)4)25-20-18-22-33-35(44)41-34(36(45)40-33)23-19-21-26-43(28-31-47-50(13,14)38(5,6)7)29-32-48-51(15,16)39(8,9)10;13-7-3-1-5-9-11(17)16-10(12(18)15-9)6-2-4-8-14;1-8(2,3)11(4,5)10-7-6-9/h33-34H,17-32H2,1-16H3,(H,40,45)(H,41,44);9-10H,1-8,13-14H2,(H,15,18)(H,16,17);6H,7H2,1-5H3. The number of unbranched alkanes of at least 4 members (excludes halogenated alkanes) is 4. The largest absolute Gasteiger partial charge is 0.416 e. The number of nitrogens with one attached hydrogen (secondary N) is 4. The van der Waals surface area contributed by atoms with E-state index in [0.717, 1.165) is 123 Å². The van der Waals surface area contributed by atoms with Gasteiger partial charge in [-0.15, -0.1) is 0 Å². The molecule has 2 rings (SSSR count). The number of nitrogens with two attached hydrogens (primary N) is 2. The minimum Gasteiger partial charge on any atom is -0.416 e. The number of carbonyl (C=O) groups excluding carboxylic acids is 5. The van der Waals surface area contributed by atoms with Gasteiger partial charge < -0.3 is 60.1 Å². The Bertz CT molecular complexity index is 1720. The van der Waals surface area contributed by atoms with Crippen molar-refractivity contribution in [3.05, 3.63) is 0 Å². The van der Waals surface area contributed by atoms with Crippen LogP contribution >= 0.6 is 0 Å². The molecule has 472 valence electrons. The Balaban J connectivity index is 0.00000173. The van der Waals surface area contributed by atoms with Crippen molar-refractivity contribution >= 4 is 63.2 Å². The van der Waals surface area contributed by atoms with Crippen molar-refractivity contribution < 1.29 is 41.7 Å². The van der Waals surface area contributed by atoms with Crippen molar-refractivity contribution in [1.29, 1.82) is 0 Å². The maximum Gasteiger partial charge on any atom is 0.243 e. The number of carbonyl (C=O) groups is 5. The second-order valence-electron chi connectivity index (χ2n) is 28.6. The highest BCUT2D eigenvalue weighted by Crippen LogP contribution is 2.39. The summed E-state index contributed by atoms with van der Waals surface area (Å²) in [6.45, 7) is 56.7. The fourth-order valence-corrected chi connectivity index (χ4v) is 11.9. The van der Waals surface area contributed by atoms with Gasteiger partial charge in [0, 0.05) is 39.5 Å². The van der Waals surface area contributed by atoms with Crippen LogP contribution in [0.5, 0.6) is 0 Å². The van der Waals surface area contributed by atoms with Crippen molar-refractivity contribution in [1.82, 2.24) is 31.1 Å². The summed E-state index contributed by atoms with van der Waals surface area (Å²) >= 11 is 0. The first-order valence-corrected chi connectivity index (χ1v) is 42.4. The van der Waals surface area contributed by atoms with Crippen molar-refractivity contribution in [3.63, 3.8) is 0 Å². The lowest BCUT2D eigenvalue weighted by atomic mass is 10.0. The SMILES string of the molecule is CC(C)(C)[Si](C)(C)OCC=O.CCCN(CCCCC1NC(=O)C(CCCCN(CCO[Si](C)(C)C(C)(C)C)CCO[Si](C)(C)C(C)(C)C)NC1=O)CCO[Si](C)(C)C(C)(C)C.NCCCCC1NC(=O)C(CCCCN)NC1=O. The summed E-state index contributed by atoms with van der Waals surface area (Å²) in [6.07, 6.45) is 11.8. The Hall–Kier alpha value is -1.90. The third-order valence-electron chi connectivity index (χ3n) is 17.7. The van der Waals surface area contributed by atoms with E-state index in [-0.39, 0.29) is 50.4 Å². The monoisotopic (exact) mass is 1200 g/mol. The topological polar surface area (TPSA) is 229 Å². The Morgan fingerprint density at radius 1 is 0.412 bits per heavy atom. The second-order valence-corrected chi connectivity index (χ2v) is 47.8. The van der Waals surface area contributed by atoms with E-state index in [1.165, 1.54) is 0 Å². The number of piperazine rings is 2. The molecular formula is C59H126N8O9Si4. The summed E-state index contributed by atoms with van der Waals surface area (Å²) in [5.41, 5.74) is 10.8. The Morgan fingerprint density at radius 3 is 0.900 bits per heavy atom. The van der Waals surface area contributed by atoms with E-state index in [4.69, 9.17) is 29.2 Å². The highest BCUT2D eigenvalue weighted by atomic mass is 28.4. The van der Waals surface area contributed by atoms with Gasteiger partial charge in [0.2, 0.25) is 23.6 Å². The van der Waals surface area contributed by atoms with Gasteiger partial charge in [-0.25, -0.2) is 0 Å². The molecule has 0 saturated carbocycles. The third kappa shape index (κ3) is 30.3. The van der Waals surface area contributed by atoms with Crippen LogP contribution in [0, 0.1) is 0 Å². The molecule has 2 saturated heterocycles. The van der Waals surface area contributed by atoms with Crippen molar-refractivity contribution in [2.75, 3.05) is 78.8 Å². The first-order valence-electron chi connectivity index (χ1n) is 30.8. The summed E-state index contributed by atoms with van der Waals surface area (Å²) in [6, 6.07) is -1.68. The fraction of sp³-hybridized carbons (Fsp3) is 0.915. The van der Waals surface area contributed by atoms with Crippen molar-refractivity contribution in [2.24, 2.45) is 11.5 Å². The Morgan fingerprint density at radius 2 is 0.662 bits per heavy atom. The molecule has 0 aromatic carbocycles. The van der Waals surface area contributed by atoms with E-state index in [1.54, 1.807) is 0 Å². The van der Waals surface area contributed by atoms with Gasteiger partial charge in [-0.1, -0.05) is 90.0 Å². The lowest BCUT2D eigenvalue weighted by Crippen LogP contribution is -2.61. The van der Waals surface area contributed by atoms with Crippen LogP contribution in [0.25, 0.3) is 0 Å². The van der Waals surface area contributed by atoms with E-state index >= 15 is 0 Å². The van der Waals surface area contributed by atoms with Crippen molar-refractivity contribution in [2.45, 2.75) is 270 Å². The molecule has 0 aromatic rings. The molecule has 17 nitrogen and oxygen atoms in total. The molecule has 0 radical (unpaired) electrons. The number of hydrogen-bond acceptors (Lipinski definition) is 13. The van der Waals surface area contributed by atoms with Gasteiger partial charge in [0.15, 0.2) is 33.3 Å². The van der Waals surface area contributed by atoms with E-state index in [1.807, 2.05) is 0 Å². The summed E-state index contributed by atoms with van der Waals surface area (Å²) in [5, 5.41) is 12.4. The zero-order valence-corrected chi connectivity index (χ0v) is 59.3. The van der Waals surface area contributed by atoms with Crippen LogP contribution in [-0.4, -0.2) is 176 Å². The van der Waals surface area contributed by atoms with E-state index in [2.05, 4.69) is 173 Å². The molecule has 80 heavy (non-hydrogen) atoms. The summed E-state index contributed by atoms with van der Waals surface area (Å²) in [5.74, 6) is -0.244. The smallest absolute Gasteiger partial charge is 0.243 e. The molecule has 2 aliphatic heterocycles. The summed E-state index contributed by atoms with van der Waals surface area (Å²) < 4.78 is 25.0. The van der Waals surface area contributed by atoms with Crippen LogP contribution in [0.15, 0.2) is 0 Å². The molecule has 4 unspecified atom stereocenters. The molecule has 21 heteroatoms. The van der Waals surface area contributed by atoms with Crippen LogP contribution in [0.4, 0.5) is 0 Å². The van der Waals surface area contributed by atoms with Crippen LogP contribution in [-0.2, 0) is 41.7 Å². The highest BCUT2D eigenvalue weighted by Gasteiger charge is 2.40. The molecular weight excluding hydrogens is 1080 g/mol. The summed E-state index contributed by atoms with van der Waals surface area (Å²) in [4.78, 5) is 64.6. The Kier molecular flexibility index (Phi) is 36.0. The molecule has 0 bridgehead atoms. The van der Waals surface area contributed by atoms with Crippen molar-refractivity contribution in [3.8, 4) is 0 Å². The van der Waals surface area contributed by atoms with Gasteiger partial charge in [0.05, 0.1) is 6.61 Å². The fourth-order valence-electron chi connectivity index (χ4n) is 7.90. The molecule has 0 aromatic heterocycles. The molecule has 4 amide bonds. The number of hydrogen-bond donors (Lipinski definition) is 6. The average molecular weight is 1200 g/mol. The minimum atomic E-state index is -1.82. The van der Waals surface area contributed by atoms with Crippen LogP contribution < -0.4 is 32.7 Å². The molecule has 2 aliphatic rings. The van der Waals surface area contributed by atoms with Crippen LogP contribution in [0.3, 0.4) is 0 Å². The first kappa shape index (κ1) is 78.1. The number of rotatable bonds is 35. The summed E-state index contributed by atoms with van der Waals surface area (Å²) in [7, 11) is -7.03. The predicted octanol–water partition coefficient (Wildman–Crippen LogP) is 9.82. The third-order valence-corrected chi connectivity index (χ3v) is 35.9. The van der Waals surface area contributed by atoms with E-state index in [0.29, 0.717) is 38.8 Å². The molecule has 2 heterocycles. The zero-order chi connectivity index (χ0) is 61.8. The van der Waals surface area contributed by atoms with Gasteiger partial charge in [0.1, 0.15) is 30.5 Å². The second kappa shape index (κ2) is 36.8. The zero-order valence-electron chi connectivity index (χ0n) is 55.3. The predicted molar refractivity (Wildman–Crippen MR) is 343 cm³/mol. The number of amides is 4. The van der Waals surface area contributed by atoms with Gasteiger partial charge in [-0.3, -0.25) is 24.1 Å². The van der Waals surface area contributed by atoms with Crippen LogP contribution in [0.2, 0.25) is 72.5 Å². The van der Waals surface area contributed by atoms with Crippen LogP contribution in [0.1, 0.15) is 173 Å².